The van der Waals surface area contributed by atoms with Crippen LogP contribution in [0.4, 0.5) is 0 Å². The van der Waals surface area contributed by atoms with Crippen molar-refractivity contribution in [2.45, 2.75) is 27.3 Å². The Morgan fingerprint density at radius 3 is 2.62 bits per heavy atom. The van der Waals surface area contributed by atoms with Crippen LogP contribution < -0.4 is 4.80 Å². The van der Waals surface area contributed by atoms with Crippen LogP contribution in [0.1, 0.15) is 27.3 Å². The highest BCUT2D eigenvalue weighted by atomic mass is 32.1. The lowest BCUT2D eigenvalue weighted by Gasteiger charge is -2.03. The normalized spacial score (nSPS) is 11.9. The first-order valence-corrected chi connectivity index (χ1v) is 8.36. The van der Waals surface area contributed by atoms with Crippen LogP contribution in [-0.4, -0.2) is 20.3 Å². The third-order valence-electron chi connectivity index (χ3n) is 4.08. The molecule has 0 spiro atoms. The summed E-state index contributed by atoms with van der Waals surface area (Å²) in [5.74, 6) is 2.28. The minimum Gasteiger partial charge on any atom is -0.305 e. The lowest BCUT2D eigenvalue weighted by Crippen LogP contribution is -2.16. The van der Waals surface area contributed by atoms with Crippen LogP contribution in [0.3, 0.4) is 0 Å². The fourth-order valence-electron chi connectivity index (χ4n) is 2.46. The second kappa shape index (κ2) is 6.10. The van der Waals surface area contributed by atoms with E-state index in [-0.39, 0.29) is 5.91 Å². The van der Waals surface area contributed by atoms with Gasteiger partial charge in [0.2, 0.25) is 0 Å². The highest BCUT2D eigenvalue weighted by Crippen LogP contribution is 2.22. The molecule has 0 aliphatic heterocycles. The average molecular weight is 338 g/mol. The molecule has 0 saturated carbocycles. The molecule has 0 saturated heterocycles. The summed E-state index contributed by atoms with van der Waals surface area (Å²) in [4.78, 5) is 17.3. The smallest absolute Gasteiger partial charge is 0.300 e. The van der Waals surface area contributed by atoms with E-state index in [1.54, 1.807) is 17.8 Å². The molecule has 0 unspecified atom stereocenters. The summed E-state index contributed by atoms with van der Waals surface area (Å²) in [6.07, 6.45) is 5.50. The highest BCUT2D eigenvalue weighted by Gasteiger charge is 2.13. The van der Waals surface area contributed by atoms with Crippen molar-refractivity contribution >= 4 is 27.5 Å². The summed E-state index contributed by atoms with van der Waals surface area (Å²) < 4.78 is 4.63. The van der Waals surface area contributed by atoms with Crippen molar-refractivity contribution in [1.29, 1.82) is 0 Å². The number of carbonyl (C=O) groups is 1. The molecule has 0 N–H and O–H groups in total. The van der Waals surface area contributed by atoms with E-state index in [2.05, 4.69) is 42.0 Å². The van der Waals surface area contributed by atoms with E-state index in [0.29, 0.717) is 17.0 Å². The van der Waals surface area contributed by atoms with E-state index in [4.69, 9.17) is 6.42 Å². The van der Waals surface area contributed by atoms with E-state index >= 15 is 0 Å². The monoisotopic (exact) mass is 338 g/mol. The molecule has 0 fully saturated rings. The van der Waals surface area contributed by atoms with Gasteiger partial charge < -0.3 is 4.57 Å². The summed E-state index contributed by atoms with van der Waals surface area (Å²) >= 11 is 1.47. The van der Waals surface area contributed by atoms with Crippen LogP contribution in [0.5, 0.6) is 0 Å². The molecule has 1 amide bonds. The summed E-state index contributed by atoms with van der Waals surface area (Å²) in [6.45, 7) is 6.40. The molecule has 0 atom stereocenters. The maximum atomic E-state index is 12.4. The number of hydrogen-bond acceptors (Lipinski definition) is 3. The van der Waals surface area contributed by atoms with Crippen molar-refractivity contribution in [3.63, 3.8) is 0 Å². The zero-order chi connectivity index (χ0) is 17.4. The van der Waals surface area contributed by atoms with Gasteiger partial charge in [-0.05, 0) is 50.1 Å². The Bertz CT molecular complexity index is 1040. The van der Waals surface area contributed by atoms with Crippen LogP contribution >= 0.6 is 11.3 Å². The molecule has 24 heavy (non-hydrogen) atoms. The van der Waals surface area contributed by atoms with Gasteiger partial charge in [-0.3, -0.25) is 9.48 Å². The maximum absolute atomic E-state index is 12.4. The number of nitrogens with zero attached hydrogens (tertiary/aromatic N) is 4. The van der Waals surface area contributed by atoms with Gasteiger partial charge in [0.1, 0.15) is 0 Å². The number of carbonyl (C=O) groups excluding carboxylic acids is 1. The summed E-state index contributed by atoms with van der Waals surface area (Å²) in [5.41, 5.74) is 4.64. The number of aromatic nitrogens is 3. The topological polar surface area (TPSA) is 52.2 Å². The molecular weight excluding hydrogens is 320 g/mol. The molecular formula is C18H18N4OS. The molecule has 1 aromatic carbocycles. The van der Waals surface area contributed by atoms with Gasteiger partial charge in [-0.1, -0.05) is 17.3 Å². The number of amides is 1. The van der Waals surface area contributed by atoms with E-state index in [9.17, 15) is 4.79 Å². The largest absolute Gasteiger partial charge is 0.305 e. The Labute approximate surface area is 144 Å². The Morgan fingerprint density at radius 1 is 1.29 bits per heavy atom. The van der Waals surface area contributed by atoms with Crippen LogP contribution in [-0.2, 0) is 13.6 Å². The van der Waals surface area contributed by atoms with Gasteiger partial charge in [-0.15, -0.1) is 6.42 Å². The number of hydrogen-bond donors (Lipinski definition) is 0. The predicted molar refractivity (Wildman–Crippen MR) is 96.0 cm³/mol. The van der Waals surface area contributed by atoms with E-state index in [0.717, 1.165) is 15.9 Å². The SMILES string of the molecule is C#CCn1c(=NC(=O)c2cc(C)n(C)n2)sc2cc(C)c(C)cc21. The molecule has 0 radical (unpaired) electrons. The fraction of sp³-hybridized carbons (Fsp3) is 0.278. The highest BCUT2D eigenvalue weighted by molar-refractivity contribution is 7.16. The van der Waals surface area contributed by atoms with E-state index in [1.807, 2.05) is 11.5 Å². The Balaban J connectivity index is 2.19. The number of thiazole rings is 1. The quantitative estimate of drug-likeness (QED) is 0.675. The molecule has 6 heteroatoms. The van der Waals surface area contributed by atoms with Crippen LogP contribution in [0.25, 0.3) is 10.2 Å². The first-order chi connectivity index (χ1) is 11.4. The fourth-order valence-corrected chi connectivity index (χ4v) is 3.57. The Kier molecular flexibility index (Phi) is 4.12. The summed E-state index contributed by atoms with van der Waals surface area (Å²) in [5, 5.41) is 4.19. The molecule has 3 rings (SSSR count). The lowest BCUT2D eigenvalue weighted by molar-refractivity contribution is 0.0992. The predicted octanol–water partition coefficient (Wildman–Crippen LogP) is 2.74. The Hall–Kier alpha value is -2.65. The van der Waals surface area contributed by atoms with Crippen molar-refractivity contribution < 1.29 is 4.79 Å². The number of terminal acetylenes is 1. The minimum absolute atomic E-state index is 0.340. The van der Waals surface area contributed by atoms with E-state index < -0.39 is 0 Å². The molecule has 5 nitrogen and oxygen atoms in total. The van der Waals surface area contributed by atoms with Gasteiger partial charge in [0, 0.05) is 12.7 Å². The Morgan fingerprint density at radius 2 is 2.00 bits per heavy atom. The summed E-state index contributed by atoms with van der Waals surface area (Å²) in [7, 11) is 1.80. The maximum Gasteiger partial charge on any atom is 0.300 e. The second-order valence-corrected chi connectivity index (χ2v) is 6.80. The molecule has 3 aromatic rings. The molecule has 2 aromatic heterocycles. The van der Waals surface area contributed by atoms with Crippen LogP contribution in [0.15, 0.2) is 23.2 Å². The standard InChI is InChI=1S/C18H18N4OS/c1-6-7-22-15-8-11(2)12(3)9-16(15)24-18(22)19-17(23)14-10-13(4)21(5)20-14/h1,8-10H,7H2,2-5H3. The van der Waals surface area contributed by atoms with Gasteiger partial charge in [-0.25, -0.2) is 0 Å². The number of rotatable bonds is 2. The van der Waals surface area contributed by atoms with Gasteiger partial charge in [0.05, 0.1) is 16.8 Å². The molecule has 0 aliphatic carbocycles. The first-order valence-electron chi connectivity index (χ1n) is 7.54. The molecule has 2 heterocycles. The summed E-state index contributed by atoms with van der Waals surface area (Å²) in [6, 6.07) is 5.93. The molecule has 0 bridgehead atoms. The first kappa shape index (κ1) is 16.2. The number of benzene rings is 1. The van der Waals surface area contributed by atoms with Crippen molar-refractivity contribution in [2.24, 2.45) is 12.0 Å². The third-order valence-corrected chi connectivity index (χ3v) is 5.12. The zero-order valence-corrected chi connectivity index (χ0v) is 14.9. The molecule has 122 valence electrons. The van der Waals surface area contributed by atoms with Crippen molar-refractivity contribution in [3.8, 4) is 12.3 Å². The van der Waals surface area contributed by atoms with Gasteiger partial charge in [0.25, 0.3) is 5.91 Å². The zero-order valence-electron chi connectivity index (χ0n) is 14.1. The van der Waals surface area contributed by atoms with Gasteiger partial charge >= 0.3 is 0 Å². The number of aryl methyl sites for hydroxylation is 4. The van der Waals surface area contributed by atoms with Gasteiger partial charge in [-0.2, -0.15) is 10.1 Å². The van der Waals surface area contributed by atoms with Crippen LogP contribution in [0, 0.1) is 33.1 Å². The second-order valence-electron chi connectivity index (χ2n) is 5.79. The van der Waals surface area contributed by atoms with E-state index in [1.165, 1.54) is 22.5 Å². The molecule has 0 aliphatic rings. The minimum atomic E-state index is -0.357. The van der Waals surface area contributed by atoms with Crippen molar-refractivity contribution in [3.05, 3.63) is 45.5 Å². The van der Waals surface area contributed by atoms with Crippen molar-refractivity contribution in [1.82, 2.24) is 14.3 Å². The van der Waals surface area contributed by atoms with Crippen LogP contribution in [0.2, 0.25) is 0 Å². The van der Waals surface area contributed by atoms with Gasteiger partial charge in [0.15, 0.2) is 10.5 Å². The third kappa shape index (κ3) is 2.79. The van der Waals surface area contributed by atoms with Crippen molar-refractivity contribution in [2.75, 3.05) is 0 Å². The average Bonchev–Trinajstić information content (AvgIpc) is 3.02. The number of fused-ring (bicyclic) bond motifs is 1. The lowest BCUT2D eigenvalue weighted by atomic mass is 10.1.